The quantitative estimate of drug-likeness (QED) is 0.235. The van der Waals surface area contributed by atoms with Crippen LogP contribution in [0.25, 0.3) is 0 Å². The summed E-state index contributed by atoms with van der Waals surface area (Å²) in [4.78, 5) is 0. The van der Waals surface area contributed by atoms with E-state index in [1.165, 1.54) is 55.2 Å². The molecule has 0 heterocycles. The van der Waals surface area contributed by atoms with Crippen molar-refractivity contribution in [1.82, 2.24) is 0 Å². The third kappa shape index (κ3) is 9.90. The van der Waals surface area contributed by atoms with Crippen molar-refractivity contribution in [3.8, 4) is 0 Å². The number of unbranched alkanes of at least 4 members (excludes halogenated alkanes) is 4. The second-order valence-electron chi connectivity index (χ2n) is 8.19. The fourth-order valence-electron chi connectivity index (χ4n) is 3.71. The second kappa shape index (κ2) is 13.6. The first-order chi connectivity index (χ1) is 14.5. The molecule has 30 heavy (non-hydrogen) atoms. The van der Waals surface area contributed by atoms with Crippen LogP contribution in [0.15, 0.2) is 48.5 Å². The number of aryl methyl sites for hydroxylation is 3. The van der Waals surface area contributed by atoms with Crippen molar-refractivity contribution in [3.63, 3.8) is 0 Å². The molecule has 0 amide bonds. The maximum absolute atomic E-state index is 12.2. The first-order valence-electron chi connectivity index (χ1n) is 11.5. The van der Waals surface area contributed by atoms with Gasteiger partial charge in [0.05, 0.1) is 6.61 Å². The van der Waals surface area contributed by atoms with Gasteiger partial charge in [-0.2, -0.15) is 8.42 Å². The monoisotopic (exact) mass is 430 g/mol. The van der Waals surface area contributed by atoms with Crippen molar-refractivity contribution >= 4 is 10.1 Å². The molecule has 0 N–H and O–H groups in total. The van der Waals surface area contributed by atoms with Crippen LogP contribution in [0.5, 0.6) is 0 Å². The Kier molecular flexibility index (Phi) is 11.2. The Morgan fingerprint density at radius 1 is 0.667 bits per heavy atom. The van der Waals surface area contributed by atoms with Gasteiger partial charge >= 0.3 is 0 Å². The van der Waals surface area contributed by atoms with Gasteiger partial charge in [-0.3, -0.25) is 4.18 Å². The Bertz CT molecular complexity index is 800. The summed E-state index contributed by atoms with van der Waals surface area (Å²) in [6.07, 6.45) is 11.3. The molecular formula is C26H38O3S. The van der Waals surface area contributed by atoms with E-state index in [2.05, 4.69) is 32.0 Å². The highest BCUT2D eigenvalue weighted by molar-refractivity contribution is 7.85. The topological polar surface area (TPSA) is 43.4 Å². The van der Waals surface area contributed by atoms with Crippen LogP contribution in [0.4, 0.5) is 0 Å². The molecule has 0 aliphatic rings. The number of rotatable bonds is 15. The summed E-state index contributed by atoms with van der Waals surface area (Å²) in [6.45, 7) is 4.71. The molecule has 0 fully saturated rings. The third-order valence-electron chi connectivity index (χ3n) is 5.31. The van der Waals surface area contributed by atoms with Crippen LogP contribution < -0.4 is 0 Å². The highest BCUT2D eigenvalue weighted by Gasteiger charge is 2.12. The molecule has 0 aromatic heterocycles. The van der Waals surface area contributed by atoms with Gasteiger partial charge in [0.15, 0.2) is 0 Å². The molecule has 4 heteroatoms. The Labute approximate surface area is 184 Å². The van der Waals surface area contributed by atoms with Crippen LogP contribution in [0, 0.1) is 0 Å². The number of hydrogen-bond donors (Lipinski definition) is 0. The standard InChI is InChI=1S/C26H38O3S/c1-3-5-8-15-24-19-25(16-9-6-4-2)21-26(20-24)17-12-18-29-30(27,28)22-23-13-10-7-11-14-23/h7,10-11,13-14,19-21H,3-6,8-9,12,15-18,22H2,1-2H3. The molecule has 0 spiro atoms. The van der Waals surface area contributed by atoms with E-state index in [1.54, 1.807) is 0 Å². The molecule has 0 saturated carbocycles. The molecule has 2 aromatic carbocycles. The minimum atomic E-state index is -3.54. The molecule has 0 radical (unpaired) electrons. The summed E-state index contributed by atoms with van der Waals surface area (Å²) in [6, 6.07) is 16.2. The van der Waals surface area contributed by atoms with Crippen LogP contribution in [-0.2, 0) is 39.3 Å². The zero-order chi connectivity index (χ0) is 21.7. The summed E-state index contributed by atoms with van der Waals surface area (Å²) >= 11 is 0. The highest BCUT2D eigenvalue weighted by Crippen LogP contribution is 2.18. The zero-order valence-corrected chi connectivity index (χ0v) is 19.6. The van der Waals surface area contributed by atoms with Gasteiger partial charge < -0.3 is 0 Å². The molecule has 2 aromatic rings. The molecule has 0 atom stereocenters. The summed E-state index contributed by atoms with van der Waals surface area (Å²) in [5.41, 5.74) is 4.91. The van der Waals surface area contributed by atoms with E-state index in [0.29, 0.717) is 6.42 Å². The van der Waals surface area contributed by atoms with E-state index in [9.17, 15) is 8.42 Å². The number of hydrogen-bond acceptors (Lipinski definition) is 3. The van der Waals surface area contributed by atoms with E-state index >= 15 is 0 Å². The van der Waals surface area contributed by atoms with Crippen molar-refractivity contribution in [2.24, 2.45) is 0 Å². The molecule has 0 unspecified atom stereocenters. The highest BCUT2D eigenvalue weighted by atomic mass is 32.2. The van der Waals surface area contributed by atoms with Crippen molar-refractivity contribution in [2.45, 2.75) is 83.8 Å². The molecular weight excluding hydrogens is 392 g/mol. The molecule has 2 rings (SSSR count). The third-order valence-corrected chi connectivity index (χ3v) is 6.52. The maximum Gasteiger partial charge on any atom is 0.271 e. The van der Waals surface area contributed by atoms with Gasteiger partial charge in [0.2, 0.25) is 0 Å². The average molecular weight is 431 g/mol. The molecule has 0 saturated heterocycles. The minimum absolute atomic E-state index is 0.0671. The summed E-state index contributed by atoms with van der Waals surface area (Å²) in [7, 11) is -3.54. The second-order valence-corrected chi connectivity index (χ2v) is 9.82. The molecule has 0 aliphatic carbocycles. The summed E-state index contributed by atoms with van der Waals surface area (Å²) in [5.74, 6) is -0.0671. The van der Waals surface area contributed by atoms with E-state index < -0.39 is 10.1 Å². The molecule has 166 valence electrons. The lowest BCUT2D eigenvalue weighted by Crippen LogP contribution is -2.10. The lowest BCUT2D eigenvalue weighted by atomic mass is 9.96. The van der Waals surface area contributed by atoms with Crippen molar-refractivity contribution in [1.29, 1.82) is 0 Å². The van der Waals surface area contributed by atoms with Gasteiger partial charge in [0.25, 0.3) is 10.1 Å². The first kappa shape index (κ1) is 24.6. The van der Waals surface area contributed by atoms with Gasteiger partial charge in [-0.1, -0.05) is 88.1 Å². The zero-order valence-electron chi connectivity index (χ0n) is 18.7. The lowest BCUT2D eigenvalue weighted by molar-refractivity contribution is 0.311. The normalized spacial score (nSPS) is 11.7. The summed E-state index contributed by atoms with van der Waals surface area (Å²) < 4.78 is 29.6. The van der Waals surface area contributed by atoms with Crippen LogP contribution in [0.1, 0.15) is 81.0 Å². The average Bonchev–Trinajstić information content (AvgIpc) is 2.72. The molecule has 0 bridgehead atoms. The van der Waals surface area contributed by atoms with Crippen LogP contribution in [0.2, 0.25) is 0 Å². The summed E-state index contributed by atoms with van der Waals surface area (Å²) in [5, 5.41) is 0. The van der Waals surface area contributed by atoms with Gasteiger partial charge in [-0.15, -0.1) is 0 Å². The van der Waals surface area contributed by atoms with E-state index in [0.717, 1.165) is 24.8 Å². The van der Waals surface area contributed by atoms with Crippen molar-refractivity contribution < 1.29 is 12.6 Å². The van der Waals surface area contributed by atoms with E-state index in [1.807, 2.05) is 30.3 Å². The van der Waals surface area contributed by atoms with Gasteiger partial charge in [-0.05, 0) is 60.8 Å². The fourth-order valence-corrected chi connectivity index (χ4v) is 4.77. The lowest BCUT2D eigenvalue weighted by Gasteiger charge is -2.11. The Balaban J connectivity index is 1.88. The first-order valence-corrected chi connectivity index (χ1v) is 13.1. The van der Waals surface area contributed by atoms with Gasteiger partial charge in [-0.25, -0.2) is 0 Å². The number of benzene rings is 2. The Morgan fingerprint density at radius 3 is 1.67 bits per heavy atom. The predicted molar refractivity (Wildman–Crippen MR) is 126 cm³/mol. The van der Waals surface area contributed by atoms with Crippen LogP contribution >= 0.6 is 0 Å². The van der Waals surface area contributed by atoms with Gasteiger partial charge in [0.1, 0.15) is 5.75 Å². The van der Waals surface area contributed by atoms with E-state index in [4.69, 9.17) is 4.18 Å². The minimum Gasteiger partial charge on any atom is -0.270 e. The van der Waals surface area contributed by atoms with Crippen LogP contribution in [0.3, 0.4) is 0 Å². The Morgan fingerprint density at radius 2 is 1.17 bits per heavy atom. The van der Waals surface area contributed by atoms with Gasteiger partial charge in [0, 0.05) is 0 Å². The largest absolute Gasteiger partial charge is 0.271 e. The van der Waals surface area contributed by atoms with Crippen molar-refractivity contribution in [2.75, 3.05) is 6.61 Å². The van der Waals surface area contributed by atoms with E-state index in [-0.39, 0.29) is 12.4 Å². The van der Waals surface area contributed by atoms with Crippen molar-refractivity contribution in [3.05, 3.63) is 70.8 Å². The predicted octanol–water partition coefficient (Wildman–Crippen LogP) is 6.63. The fraction of sp³-hybridized carbons (Fsp3) is 0.538. The Hall–Kier alpha value is -1.65. The SMILES string of the molecule is CCCCCc1cc(CCCCC)cc(CCCOS(=O)(=O)Cc2ccccc2)c1. The molecule has 0 aliphatic heterocycles. The smallest absolute Gasteiger partial charge is 0.270 e. The maximum atomic E-state index is 12.2. The molecule has 3 nitrogen and oxygen atoms in total. The van der Waals surface area contributed by atoms with Crippen LogP contribution in [-0.4, -0.2) is 15.0 Å².